The number of nitrogens with zero attached hydrogens (tertiary/aromatic N) is 4. The Bertz CT molecular complexity index is 1180. The van der Waals surface area contributed by atoms with E-state index in [1.54, 1.807) is 30.5 Å². The minimum absolute atomic E-state index is 0.0178. The van der Waals surface area contributed by atoms with Gasteiger partial charge in [0.1, 0.15) is 11.5 Å². The van der Waals surface area contributed by atoms with Crippen molar-refractivity contribution in [1.29, 1.82) is 0 Å². The van der Waals surface area contributed by atoms with Crippen molar-refractivity contribution in [3.8, 4) is 11.3 Å². The highest BCUT2D eigenvalue weighted by atomic mass is 16.6. The van der Waals surface area contributed by atoms with Crippen LogP contribution in [0.1, 0.15) is 12.7 Å². The second kappa shape index (κ2) is 7.36. The Morgan fingerprint density at radius 2 is 2.07 bits per heavy atom. The lowest BCUT2D eigenvalue weighted by molar-refractivity contribution is -0.384. The molecule has 8 nitrogen and oxygen atoms in total. The van der Waals surface area contributed by atoms with Crippen LogP contribution in [0, 0.1) is 10.1 Å². The van der Waals surface area contributed by atoms with E-state index in [0.717, 1.165) is 17.6 Å². The number of imidazole rings is 1. The van der Waals surface area contributed by atoms with Crippen LogP contribution in [-0.2, 0) is 6.54 Å². The molecule has 0 aliphatic heterocycles. The van der Waals surface area contributed by atoms with Crippen molar-refractivity contribution >= 4 is 28.9 Å². The molecule has 2 heterocycles. The molecule has 0 atom stereocenters. The molecular formula is C20H17N5O3. The first-order valence-corrected chi connectivity index (χ1v) is 8.74. The topological polar surface area (TPSA) is 98.5 Å². The number of aromatic nitrogens is 2. The van der Waals surface area contributed by atoms with E-state index in [1.807, 2.05) is 35.8 Å². The van der Waals surface area contributed by atoms with Gasteiger partial charge in [-0.3, -0.25) is 10.1 Å². The molecule has 4 rings (SSSR count). The number of anilines is 1. The van der Waals surface area contributed by atoms with Gasteiger partial charge in [-0.05, 0) is 31.2 Å². The van der Waals surface area contributed by atoms with Gasteiger partial charge >= 0.3 is 0 Å². The van der Waals surface area contributed by atoms with Gasteiger partial charge in [-0.25, -0.2) is 10.4 Å². The molecule has 0 bridgehead atoms. The van der Waals surface area contributed by atoms with E-state index in [4.69, 9.17) is 4.42 Å². The zero-order valence-electron chi connectivity index (χ0n) is 15.1. The monoisotopic (exact) mass is 375 g/mol. The summed E-state index contributed by atoms with van der Waals surface area (Å²) in [5.41, 5.74) is 5.53. The van der Waals surface area contributed by atoms with Crippen LogP contribution in [0.25, 0.3) is 22.4 Å². The normalized spacial score (nSPS) is 11.3. The number of hydrazone groups is 1. The summed E-state index contributed by atoms with van der Waals surface area (Å²) in [5.74, 6) is 1.70. The molecular weight excluding hydrogens is 358 g/mol. The number of nitro benzene ring substituents is 1. The Labute approximate surface area is 160 Å². The van der Waals surface area contributed by atoms with Gasteiger partial charge in [0.2, 0.25) is 5.95 Å². The zero-order valence-corrected chi connectivity index (χ0v) is 15.1. The fourth-order valence-corrected chi connectivity index (χ4v) is 2.98. The molecule has 4 aromatic rings. The van der Waals surface area contributed by atoms with E-state index in [1.165, 1.54) is 12.1 Å². The maximum absolute atomic E-state index is 10.9. The fraction of sp³-hybridized carbons (Fsp3) is 0.100. The number of para-hydroxylation sites is 2. The number of furan rings is 1. The van der Waals surface area contributed by atoms with Crippen LogP contribution < -0.4 is 5.43 Å². The van der Waals surface area contributed by atoms with E-state index < -0.39 is 4.92 Å². The number of hydrogen-bond donors (Lipinski definition) is 1. The highest BCUT2D eigenvalue weighted by molar-refractivity contribution is 5.80. The molecule has 0 saturated heterocycles. The molecule has 0 fully saturated rings. The van der Waals surface area contributed by atoms with Crippen LogP contribution in [0.2, 0.25) is 0 Å². The smallest absolute Gasteiger partial charge is 0.270 e. The summed E-state index contributed by atoms with van der Waals surface area (Å²) in [6, 6.07) is 17.7. The van der Waals surface area contributed by atoms with Crippen LogP contribution in [0.3, 0.4) is 0 Å². The molecule has 140 valence electrons. The van der Waals surface area contributed by atoms with Crippen LogP contribution >= 0.6 is 0 Å². The van der Waals surface area contributed by atoms with Crippen LogP contribution in [0.5, 0.6) is 0 Å². The zero-order chi connectivity index (χ0) is 19.5. The summed E-state index contributed by atoms with van der Waals surface area (Å²) < 4.78 is 7.75. The molecule has 0 spiro atoms. The van der Waals surface area contributed by atoms with E-state index in [2.05, 4.69) is 15.5 Å². The van der Waals surface area contributed by atoms with Gasteiger partial charge in [0.15, 0.2) is 0 Å². The third-order valence-corrected chi connectivity index (χ3v) is 4.30. The Morgan fingerprint density at radius 1 is 1.21 bits per heavy atom. The maximum atomic E-state index is 10.9. The molecule has 0 unspecified atom stereocenters. The quantitative estimate of drug-likeness (QED) is 0.300. The summed E-state index contributed by atoms with van der Waals surface area (Å²) in [6.45, 7) is 2.80. The van der Waals surface area contributed by atoms with Gasteiger partial charge in [0.25, 0.3) is 5.69 Å². The van der Waals surface area contributed by atoms with Gasteiger partial charge in [0, 0.05) is 24.2 Å². The number of rotatable bonds is 6. The minimum Gasteiger partial charge on any atom is -0.455 e. The van der Waals surface area contributed by atoms with Crippen LogP contribution in [0.15, 0.2) is 70.2 Å². The Kier molecular flexibility index (Phi) is 4.59. The van der Waals surface area contributed by atoms with E-state index >= 15 is 0 Å². The second-order valence-electron chi connectivity index (χ2n) is 6.05. The molecule has 8 heteroatoms. The van der Waals surface area contributed by atoms with E-state index in [9.17, 15) is 10.1 Å². The lowest BCUT2D eigenvalue weighted by Gasteiger charge is -2.03. The number of non-ortho nitro benzene ring substituents is 1. The lowest BCUT2D eigenvalue weighted by Crippen LogP contribution is -2.01. The standard InChI is InChI=1S/C20H17N5O3/c1-2-24-18-9-4-3-8-17(18)22-20(24)23-21-13-16-10-11-19(28-16)14-6-5-7-15(12-14)25(26)27/h3-13H,2H2,1H3,(H,22,23)/b21-13-. The molecule has 0 amide bonds. The average molecular weight is 375 g/mol. The predicted octanol–water partition coefficient (Wildman–Crippen LogP) is 4.67. The third kappa shape index (κ3) is 3.35. The van der Waals surface area contributed by atoms with Gasteiger partial charge < -0.3 is 8.98 Å². The minimum atomic E-state index is -0.432. The number of fused-ring (bicyclic) bond motifs is 1. The summed E-state index contributed by atoms with van der Waals surface area (Å²) in [7, 11) is 0. The van der Waals surface area contributed by atoms with Crippen molar-refractivity contribution < 1.29 is 9.34 Å². The van der Waals surface area contributed by atoms with E-state index in [-0.39, 0.29) is 5.69 Å². The van der Waals surface area contributed by atoms with Crippen molar-refractivity contribution in [2.24, 2.45) is 5.10 Å². The van der Waals surface area contributed by atoms with Gasteiger partial charge in [-0.15, -0.1) is 0 Å². The third-order valence-electron chi connectivity index (χ3n) is 4.30. The van der Waals surface area contributed by atoms with Crippen molar-refractivity contribution in [2.45, 2.75) is 13.5 Å². The van der Waals surface area contributed by atoms with Crippen molar-refractivity contribution in [3.05, 3.63) is 76.5 Å². The van der Waals surface area contributed by atoms with Crippen molar-refractivity contribution in [3.63, 3.8) is 0 Å². The summed E-state index contributed by atoms with van der Waals surface area (Å²) >= 11 is 0. The number of nitro groups is 1. The molecule has 0 saturated carbocycles. The maximum Gasteiger partial charge on any atom is 0.270 e. The largest absolute Gasteiger partial charge is 0.455 e. The predicted molar refractivity (Wildman–Crippen MR) is 107 cm³/mol. The number of aryl methyl sites for hydroxylation is 1. The SMILES string of the molecule is CCn1c(N/N=C\c2ccc(-c3cccc([N+](=O)[O-])c3)o2)nc2ccccc21. The average Bonchev–Trinajstić information content (AvgIpc) is 3.32. The molecule has 1 N–H and O–H groups in total. The molecule has 0 radical (unpaired) electrons. The van der Waals surface area contributed by atoms with Crippen LogP contribution in [-0.4, -0.2) is 20.7 Å². The first kappa shape index (κ1) is 17.5. The summed E-state index contributed by atoms with van der Waals surface area (Å²) in [5, 5.41) is 15.1. The summed E-state index contributed by atoms with van der Waals surface area (Å²) in [4.78, 5) is 15.0. The first-order valence-electron chi connectivity index (χ1n) is 8.74. The van der Waals surface area contributed by atoms with Gasteiger partial charge in [-0.1, -0.05) is 24.3 Å². The highest BCUT2D eigenvalue weighted by Gasteiger charge is 2.10. The summed E-state index contributed by atoms with van der Waals surface area (Å²) in [6.07, 6.45) is 1.54. The second-order valence-corrected chi connectivity index (χ2v) is 6.05. The lowest BCUT2D eigenvalue weighted by atomic mass is 10.1. The fourth-order valence-electron chi connectivity index (χ4n) is 2.98. The Hall–Kier alpha value is -3.94. The molecule has 0 aliphatic rings. The number of benzene rings is 2. The Balaban J connectivity index is 1.52. The highest BCUT2D eigenvalue weighted by Crippen LogP contribution is 2.25. The van der Waals surface area contributed by atoms with Gasteiger partial charge in [0.05, 0.1) is 22.2 Å². The van der Waals surface area contributed by atoms with Crippen LogP contribution in [0.4, 0.5) is 11.6 Å². The number of nitrogens with one attached hydrogen (secondary N) is 1. The molecule has 28 heavy (non-hydrogen) atoms. The molecule has 2 aromatic heterocycles. The van der Waals surface area contributed by atoms with Crippen molar-refractivity contribution in [2.75, 3.05) is 5.43 Å². The number of hydrogen-bond acceptors (Lipinski definition) is 6. The molecule has 0 aliphatic carbocycles. The first-order chi connectivity index (χ1) is 13.7. The van der Waals surface area contributed by atoms with Crippen molar-refractivity contribution in [1.82, 2.24) is 9.55 Å². The van der Waals surface area contributed by atoms with E-state index in [0.29, 0.717) is 23.0 Å². The Morgan fingerprint density at radius 3 is 2.89 bits per heavy atom. The molecule has 2 aromatic carbocycles. The van der Waals surface area contributed by atoms with Gasteiger partial charge in [-0.2, -0.15) is 5.10 Å².